The standard InChI is InChI=1S/C15H13ClN4O3S/c16-12-6-4-11(5-7-12)10-24(21,22)18-9-14-19-20-15(23-14)13-3-1-2-8-17-13/h1-8,18H,9-10H2. The number of hydrogen-bond donors (Lipinski definition) is 1. The Morgan fingerprint density at radius 2 is 1.88 bits per heavy atom. The van der Waals surface area contributed by atoms with Crippen LogP contribution in [0.1, 0.15) is 11.5 Å². The smallest absolute Gasteiger partial charge is 0.266 e. The molecule has 124 valence electrons. The average Bonchev–Trinajstić information content (AvgIpc) is 3.05. The molecule has 0 aliphatic rings. The number of sulfonamides is 1. The first-order valence-corrected chi connectivity index (χ1v) is 9.00. The van der Waals surface area contributed by atoms with Gasteiger partial charge in [-0.2, -0.15) is 0 Å². The zero-order chi connectivity index (χ0) is 17.0. The molecule has 1 N–H and O–H groups in total. The lowest BCUT2D eigenvalue weighted by molar-refractivity contribution is 0.493. The van der Waals surface area contributed by atoms with Gasteiger partial charge >= 0.3 is 0 Å². The van der Waals surface area contributed by atoms with E-state index in [9.17, 15) is 8.42 Å². The number of nitrogens with one attached hydrogen (secondary N) is 1. The summed E-state index contributed by atoms with van der Waals surface area (Å²) in [6.07, 6.45) is 1.61. The Morgan fingerprint density at radius 3 is 2.58 bits per heavy atom. The summed E-state index contributed by atoms with van der Waals surface area (Å²) in [5.41, 5.74) is 1.16. The molecule has 0 saturated heterocycles. The Balaban J connectivity index is 1.63. The number of benzene rings is 1. The highest BCUT2D eigenvalue weighted by Crippen LogP contribution is 2.15. The molecule has 0 unspecified atom stereocenters. The maximum absolute atomic E-state index is 12.1. The monoisotopic (exact) mass is 364 g/mol. The highest BCUT2D eigenvalue weighted by molar-refractivity contribution is 7.88. The molecule has 0 aliphatic heterocycles. The molecule has 3 rings (SSSR count). The van der Waals surface area contributed by atoms with E-state index in [-0.39, 0.29) is 24.1 Å². The van der Waals surface area contributed by atoms with Gasteiger partial charge in [0, 0.05) is 11.2 Å². The molecule has 9 heteroatoms. The third kappa shape index (κ3) is 4.38. The molecule has 0 fully saturated rings. The second-order valence-corrected chi connectivity index (χ2v) is 7.17. The average molecular weight is 365 g/mol. The minimum absolute atomic E-state index is 0.0875. The zero-order valence-electron chi connectivity index (χ0n) is 12.4. The molecule has 24 heavy (non-hydrogen) atoms. The van der Waals surface area contributed by atoms with Gasteiger partial charge in [-0.3, -0.25) is 4.98 Å². The lowest BCUT2D eigenvalue weighted by atomic mass is 10.2. The van der Waals surface area contributed by atoms with Crippen LogP contribution in [0.15, 0.2) is 53.1 Å². The quantitative estimate of drug-likeness (QED) is 0.721. The Bertz CT molecular complexity index is 911. The minimum Gasteiger partial charge on any atom is -0.418 e. The molecular weight excluding hydrogens is 352 g/mol. The largest absolute Gasteiger partial charge is 0.418 e. The molecule has 0 amide bonds. The van der Waals surface area contributed by atoms with Crippen LogP contribution in [-0.2, 0) is 22.3 Å². The SMILES string of the molecule is O=S(=O)(Cc1ccc(Cl)cc1)NCc1nnc(-c2ccccn2)o1. The van der Waals surface area contributed by atoms with Crippen LogP contribution in [-0.4, -0.2) is 23.6 Å². The first kappa shape index (κ1) is 16.6. The van der Waals surface area contributed by atoms with Gasteiger partial charge in [-0.1, -0.05) is 29.8 Å². The Kier molecular flexibility index (Phi) is 4.89. The van der Waals surface area contributed by atoms with Crippen molar-refractivity contribution in [3.05, 3.63) is 65.1 Å². The van der Waals surface area contributed by atoms with Crippen molar-refractivity contribution in [2.24, 2.45) is 0 Å². The van der Waals surface area contributed by atoms with Crippen molar-refractivity contribution in [3.63, 3.8) is 0 Å². The molecule has 0 atom stereocenters. The van der Waals surface area contributed by atoms with Gasteiger partial charge in [0.1, 0.15) is 5.69 Å². The van der Waals surface area contributed by atoms with Crippen LogP contribution in [0.2, 0.25) is 5.02 Å². The number of aromatic nitrogens is 3. The number of nitrogens with zero attached hydrogens (tertiary/aromatic N) is 3. The second kappa shape index (κ2) is 7.08. The van der Waals surface area contributed by atoms with E-state index in [4.69, 9.17) is 16.0 Å². The maximum atomic E-state index is 12.1. The molecule has 0 radical (unpaired) electrons. The maximum Gasteiger partial charge on any atom is 0.266 e. The lowest BCUT2D eigenvalue weighted by Crippen LogP contribution is -2.24. The lowest BCUT2D eigenvalue weighted by Gasteiger charge is -2.05. The van der Waals surface area contributed by atoms with E-state index in [1.165, 1.54) is 0 Å². The van der Waals surface area contributed by atoms with Crippen LogP contribution >= 0.6 is 11.6 Å². The topological polar surface area (TPSA) is 98.0 Å². The highest BCUT2D eigenvalue weighted by Gasteiger charge is 2.15. The van der Waals surface area contributed by atoms with Crippen molar-refractivity contribution in [3.8, 4) is 11.6 Å². The molecule has 0 saturated carbocycles. The van der Waals surface area contributed by atoms with Gasteiger partial charge in [0.25, 0.3) is 5.89 Å². The van der Waals surface area contributed by atoms with Gasteiger partial charge in [-0.05, 0) is 29.8 Å². The molecule has 7 nitrogen and oxygen atoms in total. The third-order valence-corrected chi connectivity index (χ3v) is 4.61. The fraction of sp³-hybridized carbons (Fsp3) is 0.133. The fourth-order valence-corrected chi connectivity index (χ4v) is 3.14. The minimum atomic E-state index is -3.54. The van der Waals surface area contributed by atoms with Gasteiger partial charge in [-0.25, -0.2) is 13.1 Å². The second-order valence-electron chi connectivity index (χ2n) is 4.92. The number of halogens is 1. The van der Waals surface area contributed by atoms with Crippen molar-refractivity contribution in [2.45, 2.75) is 12.3 Å². The molecule has 2 heterocycles. The molecule has 2 aromatic heterocycles. The Morgan fingerprint density at radius 1 is 1.08 bits per heavy atom. The summed E-state index contributed by atoms with van der Waals surface area (Å²) < 4.78 is 32.0. The van der Waals surface area contributed by atoms with E-state index < -0.39 is 10.0 Å². The summed E-state index contributed by atoms with van der Waals surface area (Å²) >= 11 is 5.78. The van der Waals surface area contributed by atoms with E-state index in [1.54, 1.807) is 48.7 Å². The summed E-state index contributed by atoms with van der Waals surface area (Å²) in [6.45, 7) is -0.0875. The summed E-state index contributed by atoms with van der Waals surface area (Å²) in [5.74, 6) is 0.239. The van der Waals surface area contributed by atoms with Crippen LogP contribution in [0.25, 0.3) is 11.6 Å². The molecule has 0 aliphatic carbocycles. The normalized spacial score (nSPS) is 11.5. The van der Waals surface area contributed by atoms with Crippen molar-refractivity contribution in [1.29, 1.82) is 0 Å². The third-order valence-electron chi connectivity index (χ3n) is 3.06. The zero-order valence-corrected chi connectivity index (χ0v) is 14.0. The Hall–Kier alpha value is -2.29. The number of hydrogen-bond acceptors (Lipinski definition) is 6. The van der Waals surface area contributed by atoms with Gasteiger partial charge < -0.3 is 4.42 Å². The highest BCUT2D eigenvalue weighted by atomic mass is 35.5. The first-order valence-electron chi connectivity index (χ1n) is 6.97. The summed E-state index contributed by atoms with van der Waals surface area (Å²) in [6, 6.07) is 11.9. The van der Waals surface area contributed by atoms with E-state index in [0.717, 1.165) is 0 Å². The molecule has 1 aromatic carbocycles. The van der Waals surface area contributed by atoms with Gasteiger partial charge in [0.05, 0.1) is 12.3 Å². The van der Waals surface area contributed by atoms with Gasteiger partial charge in [-0.15, -0.1) is 10.2 Å². The first-order chi connectivity index (χ1) is 11.5. The molecular formula is C15H13ClN4O3S. The van der Waals surface area contributed by atoms with Crippen molar-refractivity contribution < 1.29 is 12.8 Å². The van der Waals surface area contributed by atoms with Crippen LogP contribution in [0, 0.1) is 0 Å². The van der Waals surface area contributed by atoms with Crippen LogP contribution < -0.4 is 4.72 Å². The number of rotatable bonds is 6. The summed E-state index contributed by atoms with van der Waals surface area (Å²) in [7, 11) is -3.54. The van der Waals surface area contributed by atoms with E-state index in [0.29, 0.717) is 16.3 Å². The summed E-state index contributed by atoms with van der Waals surface area (Å²) in [4.78, 5) is 4.09. The Labute approximate surface area is 143 Å². The molecule has 3 aromatic rings. The fourth-order valence-electron chi connectivity index (χ4n) is 1.94. The van der Waals surface area contributed by atoms with Crippen molar-refractivity contribution in [2.75, 3.05) is 0 Å². The van der Waals surface area contributed by atoms with Crippen LogP contribution in [0.4, 0.5) is 0 Å². The predicted octanol–water partition coefficient (Wildman–Crippen LogP) is 2.40. The van der Waals surface area contributed by atoms with E-state index in [2.05, 4.69) is 19.9 Å². The van der Waals surface area contributed by atoms with E-state index >= 15 is 0 Å². The van der Waals surface area contributed by atoms with E-state index in [1.807, 2.05) is 0 Å². The van der Waals surface area contributed by atoms with Crippen molar-refractivity contribution >= 4 is 21.6 Å². The van der Waals surface area contributed by atoms with Gasteiger partial charge in [0.15, 0.2) is 0 Å². The predicted molar refractivity (Wildman–Crippen MR) is 88.4 cm³/mol. The van der Waals surface area contributed by atoms with Crippen molar-refractivity contribution in [1.82, 2.24) is 19.9 Å². The molecule has 0 bridgehead atoms. The molecule has 0 spiro atoms. The van der Waals surface area contributed by atoms with Crippen LogP contribution in [0.3, 0.4) is 0 Å². The van der Waals surface area contributed by atoms with Crippen LogP contribution in [0.5, 0.6) is 0 Å². The summed E-state index contributed by atoms with van der Waals surface area (Å²) in [5, 5.41) is 8.22. The van der Waals surface area contributed by atoms with Gasteiger partial charge in [0.2, 0.25) is 15.9 Å². The number of pyridine rings is 1.